The monoisotopic (exact) mass is 356 g/mol. The summed E-state index contributed by atoms with van der Waals surface area (Å²) in [5, 5.41) is 11.2. The summed E-state index contributed by atoms with van der Waals surface area (Å²) in [5.74, 6) is 2.40. The van der Waals surface area contributed by atoms with Gasteiger partial charge in [0, 0.05) is 13.1 Å². The molecule has 0 radical (unpaired) electrons. The van der Waals surface area contributed by atoms with Crippen LogP contribution in [0.25, 0.3) is 0 Å². The summed E-state index contributed by atoms with van der Waals surface area (Å²) in [4.78, 5) is 14.9. The molecule has 7 heteroatoms. The van der Waals surface area contributed by atoms with Crippen molar-refractivity contribution in [2.75, 3.05) is 37.5 Å². The second-order valence-electron chi connectivity index (χ2n) is 6.46. The molecule has 1 aromatic carbocycles. The molecule has 0 spiro atoms. The highest BCUT2D eigenvalue weighted by Crippen LogP contribution is 2.29. The summed E-state index contributed by atoms with van der Waals surface area (Å²) in [6.07, 6.45) is 2.41. The van der Waals surface area contributed by atoms with Crippen molar-refractivity contribution in [1.82, 2.24) is 10.2 Å². The number of nitrogens with zero attached hydrogens (tertiary/aromatic N) is 3. The van der Waals surface area contributed by atoms with E-state index in [4.69, 9.17) is 9.47 Å². The van der Waals surface area contributed by atoms with Gasteiger partial charge in [-0.05, 0) is 43.0 Å². The fourth-order valence-electron chi connectivity index (χ4n) is 3.21. The van der Waals surface area contributed by atoms with Crippen LogP contribution in [0.5, 0.6) is 11.5 Å². The number of methoxy groups -OCH3 is 2. The molecule has 0 saturated carbocycles. The van der Waals surface area contributed by atoms with E-state index in [1.807, 2.05) is 6.07 Å². The molecular formula is C19H24N4O3. The van der Waals surface area contributed by atoms with Crippen LogP contribution in [0.15, 0.2) is 30.3 Å². The minimum atomic E-state index is -0.354. The van der Waals surface area contributed by atoms with E-state index >= 15 is 0 Å². The predicted molar refractivity (Wildman–Crippen MR) is 100 cm³/mol. The zero-order valence-electron chi connectivity index (χ0n) is 15.4. The molecule has 138 valence electrons. The molecule has 1 aromatic heterocycles. The zero-order chi connectivity index (χ0) is 18.5. The third-order valence-corrected chi connectivity index (χ3v) is 4.53. The lowest BCUT2D eigenvalue weighted by Crippen LogP contribution is -2.34. The summed E-state index contributed by atoms with van der Waals surface area (Å²) < 4.78 is 10.5. The number of ether oxygens (including phenoxy) is 2. The molecular weight excluding hydrogens is 332 g/mol. The molecule has 1 amide bonds. The zero-order valence-corrected chi connectivity index (χ0v) is 15.4. The molecule has 1 fully saturated rings. The minimum absolute atomic E-state index is 0.327. The van der Waals surface area contributed by atoms with E-state index in [1.165, 1.54) is 20.6 Å². The maximum Gasteiger partial charge on any atom is 0.264 e. The maximum atomic E-state index is 12.7. The molecule has 0 bridgehead atoms. The average molecular weight is 356 g/mol. The van der Waals surface area contributed by atoms with E-state index in [0.29, 0.717) is 28.8 Å². The first-order chi connectivity index (χ1) is 12.6. The minimum Gasteiger partial charge on any atom is -0.496 e. The molecule has 1 N–H and O–H groups in total. The van der Waals surface area contributed by atoms with Crippen molar-refractivity contribution < 1.29 is 14.3 Å². The number of amides is 1. The number of rotatable bonds is 5. The van der Waals surface area contributed by atoms with E-state index < -0.39 is 0 Å². The number of aromatic nitrogens is 2. The van der Waals surface area contributed by atoms with Crippen LogP contribution in [0.2, 0.25) is 0 Å². The van der Waals surface area contributed by atoms with Crippen LogP contribution in [0, 0.1) is 5.92 Å². The van der Waals surface area contributed by atoms with Gasteiger partial charge in [-0.2, -0.15) is 0 Å². The smallest absolute Gasteiger partial charge is 0.264 e. The number of carbonyl (C=O) groups excluding carboxylic acids is 1. The Morgan fingerprint density at radius 1 is 1.15 bits per heavy atom. The lowest BCUT2D eigenvalue weighted by molar-refractivity contribution is 0.102. The van der Waals surface area contributed by atoms with Crippen LogP contribution in [0.4, 0.5) is 11.6 Å². The van der Waals surface area contributed by atoms with E-state index in [9.17, 15) is 4.79 Å². The molecule has 1 aliphatic heterocycles. The lowest BCUT2D eigenvalue weighted by Gasteiger charge is -2.31. The highest BCUT2D eigenvalue weighted by atomic mass is 16.5. The summed E-state index contributed by atoms with van der Waals surface area (Å²) >= 11 is 0. The molecule has 1 atom stereocenters. The van der Waals surface area contributed by atoms with Crippen molar-refractivity contribution in [2.45, 2.75) is 19.8 Å². The van der Waals surface area contributed by atoms with Gasteiger partial charge in [0.1, 0.15) is 17.1 Å². The van der Waals surface area contributed by atoms with E-state index in [2.05, 4.69) is 27.3 Å². The van der Waals surface area contributed by atoms with Gasteiger partial charge < -0.3 is 19.7 Å². The van der Waals surface area contributed by atoms with Gasteiger partial charge in [-0.3, -0.25) is 4.79 Å². The highest BCUT2D eigenvalue weighted by Gasteiger charge is 2.20. The number of benzene rings is 1. The highest BCUT2D eigenvalue weighted by molar-refractivity contribution is 6.07. The van der Waals surface area contributed by atoms with Gasteiger partial charge in [0.2, 0.25) is 0 Å². The average Bonchev–Trinajstić information content (AvgIpc) is 2.67. The molecule has 1 unspecified atom stereocenters. The number of hydrogen-bond acceptors (Lipinski definition) is 6. The fraction of sp³-hybridized carbons (Fsp3) is 0.421. The first-order valence-corrected chi connectivity index (χ1v) is 8.73. The van der Waals surface area contributed by atoms with Crippen LogP contribution < -0.4 is 19.7 Å². The topological polar surface area (TPSA) is 76.6 Å². The third-order valence-electron chi connectivity index (χ3n) is 4.53. The summed E-state index contributed by atoms with van der Waals surface area (Å²) in [6.45, 7) is 4.22. The molecule has 1 aliphatic rings. The van der Waals surface area contributed by atoms with E-state index in [-0.39, 0.29) is 5.91 Å². The van der Waals surface area contributed by atoms with Crippen molar-refractivity contribution in [1.29, 1.82) is 0 Å². The van der Waals surface area contributed by atoms with Gasteiger partial charge in [0.15, 0.2) is 11.6 Å². The molecule has 0 aliphatic carbocycles. The Morgan fingerprint density at radius 2 is 1.88 bits per heavy atom. The Morgan fingerprint density at radius 3 is 2.46 bits per heavy atom. The van der Waals surface area contributed by atoms with Crippen LogP contribution in [-0.2, 0) is 0 Å². The largest absolute Gasteiger partial charge is 0.496 e. The van der Waals surface area contributed by atoms with Crippen LogP contribution in [0.3, 0.4) is 0 Å². The van der Waals surface area contributed by atoms with Crippen LogP contribution >= 0.6 is 0 Å². The quantitative estimate of drug-likeness (QED) is 0.887. The predicted octanol–water partition coefficient (Wildman–Crippen LogP) is 2.98. The van der Waals surface area contributed by atoms with Gasteiger partial charge in [-0.25, -0.2) is 0 Å². The van der Waals surface area contributed by atoms with Gasteiger partial charge >= 0.3 is 0 Å². The Balaban J connectivity index is 1.74. The van der Waals surface area contributed by atoms with Crippen molar-refractivity contribution in [3.63, 3.8) is 0 Å². The Labute approximate surface area is 153 Å². The second kappa shape index (κ2) is 8.03. The lowest BCUT2D eigenvalue weighted by atomic mass is 10.0. The Bertz CT molecular complexity index is 742. The number of nitrogens with one attached hydrogen (secondary N) is 1. The molecule has 1 saturated heterocycles. The SMILES string of the molecule is COc1cccc(OC)c1C(=O)Nc1ccc(N2CCCC(C)C2)nn1. The Hall–Kier alpha value is -2.83. The first kappa shape index (κ1) is 18.0. The summed E-state index contributed by atoms with van der Waals surface area (Å²) in [7, 11) is 3.03. The van der Waals surface area contributed by atoms with Gasteiger partial charge in [0.05, 0.1) is 14.2 Å². The van der Waals surface area contributed by atoms with Crippen molar-refractivity contribution in [2.24, 2.45) is 5.92 Å². The van der Waals surface area contributed by atoms with Crippen molar-refractivity contribution in [3.05, 3.63) is 35.9 Å². The van der Waals surface area contributed by atoms with E-state index in [0.717, 1.165) is 25.3 Å². The maximum absolute atomic E-state index is 12.7. The van der Waals surface area contributed by atoms with Gasteiger partial charge in [-0.15, -0.1) is 10.2 Å². The number of piperidine rings is 1. The van der Waals surface area contributed by atoms with Gasteiger partial charge in [-0.1, -0.05) is 13.0 Å². The van der Waals surface area contributed by atoms with Crippen molar-refractivity contribution in [3.8, 4) is 11.5 Å². The van der Waals surface area contributed by atoms with E-state index in [1.54, 1.807) is 24.3 Å². The number of hydrogen-bond donors (Lipinski definition) is 1. The molecule has 7 nitrogen and oxygen atoms in total. The number of anilines is 2. The normalized spacial score (nSPS) is 16.9. The number of carbonyl (C=O) groups is 1. The first-order valence-electron chi connectivity index (χ1n) is 8.73. The van der Waals surface area contributed by atoms with Crippen LogP contribution in [0.1, 0.15) is 30.1 Å². The van der Waals surface area contributed by atoms with Crippen LogP contribution in [-0.4, -0.2) is 43.4 Å². The molecule has 3 rings (SSSR count). The molecule has 2 heterocycles. The standard InChI is InChI=1S/C19H24N4O3/c1-13-6-5-11-23(12-13)17-10-9-16(21-22-17)20-19(24)18-14(25-2)7-4-8-15(18)26-3/h4,7-10,13H,5-6,11-12H2,1-3H3,(H,20,21,24). The summed E-state index contributed by atoms with van der Waals surface area (Å²) in [5.41, 5.74) is 0.327. The summed E-state index contributed by atoms with van der Waals surface area (Å²) in [6, 6.07) is 8.84. The van der Waals surface area contributed by atoms with Crippen molar-refractivity contribution >= 4 is 17.5 Å². The fourth-order valence-corrected chi connectivity index (χ4v) is 3.21. The van der Waals surface area contributed by atoms with Gasteiger partial charge in [0.25, 0.3) is 5.91 Å². The molecule has 26 heavy (non-hydrogen) atoms. The third kappa shape index (κ3) is 3.87. The second-order valence-corrected chi connectivity index (χ2v) is 6.46. The Kier molecular flexibility index (Phi) is 5.55. The molecule has 2 aromatic rings.